The second-order valence-electron chi connectivity index (χ2n) is 5.27. The number of nitro benzene ring substituents is 1. The molecular formula is C15H15N3O3S. The number of carbonyl (C=O) groups is 1. The summed E-state index contributed by atoms with van der Waals surface area (Å²) in [5.41, 5.74) is 5.74. The van der Waals surface area contributed by atoms with Crippen molar-refractivity contribution in [2.75, 3.05) is 5.73 Å². The van der Waals surface area contributed by atoms with Crippen LogP contribution in [0, 0.1) is 10.1 Å². The Balaban J connectivity index is 1.87. The maximum absolute atomic E-state index is 12.7. The molecule has 0 radical (unpaired) electrons. The summed E-state index contributed by atoms with van der Waals surface area (Å²) in [7, 11) is 0. The third kappa shape index (κ3) is 2.94. The van der Waals surface area contributed by atoms with Crippen LogP contribution >= 0.6 is 11.3 Å². The molecule has 1 fully saturated rings. The maximum Gasteiger partial charge on any atom is 0.292 e. The van der Waals surface area contributed by atoms with Crippen LogP contribution in [0.4, 0.5) is 11.4 Å². The molecule has 1 aliphatic rings. The molecule has 3 rings (SSSR count). The fourth-order valence-electron chi connectivity index (χ4n) is 2.32. The molecule has 1 heterocycles. The molecule has 0 spiro atoms. The molecule has 114 valence electrons. The summed E-state index contributed by atoms with van der Waals surface area (Å²) in [5, 5.41) is 12.9. The highest BCUT2D eigenvalue weighted by molar-refractivity contribution is 7.09. The summed E-state index contributed by atoms with van der Waals surface area (Å²) in [4.78, 5) is 26.0. The molecule has 7 heteroatoms. The van der Waals surface area contributed by atoms with Gasteiger partial charge in [0.15, 0.2) is 0 Å². The predicted molar refractivity (Wildman–Crippen MR) is 84.7 cm³/mol. The SMILES string of the molecule is Nc1ccc(C(=O)N(Cc2cccs2)C2CC2)cc1[N+](=O)[O-]. The molecule has 22 heavy (non-hydrogen) atoms. The zero-order valence-corrected chi connectivity index (χ0v) is 12.6. The minimum Gasteiger partial charge on any atom is -0.393 e. The lowest BCUT2D eigenvalue weighted by molar-refractivity contribution is -0.383. The van der Waals surface area contributed by atoms with Gasteiger partial charge >= 0.3 is 0 Å². The summed E-state index contributed by atoms with van der Waals surface area (Å²) in [6, 6.07) is 8.39. The Kier molecular flexibility index (Phi) is 3.81. The lowest BCUT2D eigenvalue weighted by Gasteiger charge is -2.22. The number of nitrogens with zero attached hydrogens (tertiary/aromatic N) is 2. The van der Waals surface area contributed by atoms with Crippen LogP contribution in [0.25, 0.3) is 0 Å². The van der Waals surface area contributed by atoms with E-state index >= 15 is 0 Å². The lowest BCUT2D eigenvalue weighted by Crippen LogP contribution is -2.32. The van der Waals surface area contributed by atoms with E-state index in [1.807, 2.05) is 17.5 Å². The van der Waals surface area contributed by atoms with E-state index in [4.69, 9.17) is 5.73 Å². The summed E-state index contributed by atoms with van der Waals surface area (Å²) in [5.74, 6) is -0.181. The van der Waals surface area contributed by atoms with Crippen molar-refractivity contribution in [2.24, 2.45) is 0 Å². The number of nitrogen functional groups attached to an aromatic ring is 1. The number of thiophene rings is 1. The molecule has 2 N–H and O–H groups in total. The van der Waals surface area contributed by atoms with Crippen LogP contribution in [0.2, 0.25) is 0 Å². The van der Waals surface area contributed by atoms with Gasteiger partial charge in [0.1, 0.15) is 5.69 Å². The van der Waals surface area contributed by atoms with E-state index in [0.717, 1.165) is 17.7 Å². The van der Waals surface area contributed by atoms with Crippen LogP contribution in [0.3, 0.4) is 0 Å². The van der Waals surface area contributed by atoms with Crippen molar-refractivity contribution >= 4 is 28.6 Å². The predicted octanol–water partition coefficient (Wildman–Crippen LogP) is 3.04. The number of anilines is 1. The quantitative estimate of drug-likeness (QED) is 0.521. The maximum atomic E-state index is 12.7. The van der Waals surface area contributed by atoms with Gasteiger partial charge in [0, 0.05) is 22.5 Å². The first kappa shape index (κ1) is 14.5. The van der Waals surface area contributed by atoms with Gasteiger partial charge in [0.05, 0.1) is 11.5 Å². The van der Waals surface area contributed by atoms with E-state index in [9.17, 15) is 14.9 Å². The van der Waals surface area contributed by atoms with Crippen molar-refractivity contribution in [2.45, 2.75) is 25.4 Å². The molecule has 1 saturated carbocycles. The molecular weight excluding hydrogens is 302 g/mol. The van der Waals surface area contributed by atoms with Gasteiger partial charge in [0.2, 0.25) is 0 Å². The summed E-state index contributed by atoms with van der Waals surface area (Å²) in [6.45, 7) is 0.541. The van der Waals surface area contributed by atoms with Crippen molar-refractivity contribution in [3.63, 3.8) is 0 Å². The van der Waals surface area contributed by atoms with Gasteiger partial charge in [-0.1, -0.05) is 6.07 Å². The van der Waals surface area contributed by atoms with Crippen molar-refractivity contribution < 1.29 is 9.72 Å². The largest absolute Gasteiger partial charge is 0.393 e. The van der Waals surface area contributed by atoms with E-state index < -0.39 is 4.92 Å². The van der Waals surface area contributed by atoms with Crippen LogP contribution in [0.1, 0.15) is 28.1 Å². The molecule has 0 atom stereocenters. The molecule has 1 aromatic carbocycles. The molecule has 0 unspecified atom stereocenters. The lowest BCUT2D eigenvalue weighted by atomic mass is 10.1. The van der Waals surface area contributed by atoms with E-state index in [1.54, 1.807) is 22.3 Å². The first-order valence-electron chi connectivity index (χ1n) is 6.93. The Morgan fingerprint density at radius 3 is 2.77 bits per heavy atom. The van der Waals surface area contributed by atoms with Crippen LogP contribution in [0.15, 0.2) is 35.7 Å². The number of carbonyl (C=O) groups excluding carboxylic acids is 1. The van der Waals surface area contributed by atoms with Crippen LogP contribution < -0.4 is 5.73 Å². The van der Waals surface area contributed by atoms with Crippen molar-refractivity contribution in [3.05, 3.63) is 56.3 Å². The van der Waals surface area contributed by atoms with E-state index in [0.29, 0.717) is 12.1 Å². The Hall–Kier alpha value is -2.41. The van der Waals surface area contributed by atoms with Gasteiger partial charge in [-0.2, -0.15) is 0 Å². The molecule has 0 aliphatic heterocycles. The zero-order chi connectivity index (χ0) is 15.7. The fourth-order valence-corrected chi connectivity index (χ4v) is 3.03. The highest BCUT2D eigenvalue weighted by Gasteiger charge is 2.33. The zero-order valence-electron chi connectivity index (χ0n) is 11.8. The van der Waals surface area contributed by atoms with Gasteiger partial charge < -0.3 is 10.6 Å². The van der Waals surface area contributed by atoms with Gasteiger partial charge in [0.25, 0.3) is 11.6 Å². The molecule has 0 bridgehead atoms. The van der Waals surface area contributed by atoms with Crippen molar-refractivity contribution in [3.8, 4) is 0 Å². The third-order valence-corrected chi connectivity index (χ3v) is 4.49. The number of nitro groups is 1. The molecule has 6 nitrogen and oxygen atoms in total. The fraction of sp³-hybridized carbons (Fsp3) is 0.267. The average molecular weight is 317 g/mol. The summed E-state index contributed by atoms with van der Waals surface area (Å²) >= 11 is 1.60. The number of hydrogen-bond donors (Lipinski definition) is 1. The van der Waals surface area contributed by atoms with E-state index in [-0.39, 0.29) is 23.3 Å². The topological polar surface area (TPSA) is 89.5 Å². The Labute approximate surface area is 131 Å². The van der Waals surface area contributed by atoms with Crippen LogP contribution in [-0.4, -0.2) is 21.8 Å². The first-order chi connectivity index (χ1) is 10.6. The molecule has 1 aliphatic carbocycles. The molecule has 1 aromatic heterocycles. The smallest absolute Gasteiger partial charge is 0.292 e. The molecule has 1 amide bonds. The van der Waals surface area contributed by atoms with E-state index in [2.05, 4.69) is 0 Å². The van der Waals surface area contributed by atoms with Crippen molar-refractivity contribution in [1.29, 1.82) is 0 Å². The Morgan fingerprint density at radius 1 is 1.41 bits per heavy atom. The highest BCUT2D eigenvalue weighted by Crippen LogP contribution is 2.32. The van der Waals surface area contributed by atoms with Gasteiger partial charge in [-0.05, 0) is 36.4 Å². The van der Waals surface area contributed by atoms with Gasteiger partial charge in [-0.15, -0.1) is 11.3 Å². The summed E-state index contributed by atoms with van der Waals surface area (Å²) < 4.78 is 0. The van der Waals surface area contributed by atoms with Crippen molar-refractivity contribution in [1.82, 2.24) is 4.90 Å². The standard InChI is InChI=1S/C15H15N3O3S/c16-13-6-3-10(8-14(13)18(20)21)15(19)17(11-4-5-11)9-12-2-1-7-22-12/h1-3,6-8,11H,4-5,9,16H2. The van der Waals surface area contributed by atoms with E-state index in [1.165, 1.54) is 12.1 Å². The average Bonchev–Trinajstić information content (AvgIpc) is 3.21. The molecule has 0 saturated heterocycles. The van der Waals surface area contributed by atoms with Crippen LogP contribution in [0.5, 0.6) is 0 Å². The van der Waals surface area contributed by atoms with Crippen LogP contribution in [-0.2, 0) is 6.54 Å². The summed E-state index contributed by atoms with van der Waals surface area (Å²) in [6.07, 6.45) is 1.96. The van der Waals surface area contributed by atoms with Gasteiger partial charge in [-0.25, -0.2) is 0 Å². The molecule has 2 aromatic rings. The second-order valence-corrected chi connectivity index (χ2v) is 6.31. The second kappa shape index (κ2) is 5.76. The highest BCUT2D eigenvalue weighted by atomic mass is 32.1. The number of rotatable bonds is 5. The first-order valence-corrected chi connectivity index (χ1v) is 7.81. The minimum absolute atomic E-state index is 0.0674. The number of hydrogen-bond acceptors (Lipinski definition) is 5. The third-order valence-electron chi connectivity index (χ3n) is 3.63. The minimum atomic E-state index is -0.563. The number of benzene rings is 1. The van der Waals surface area contributed by atoms with Gasteiger partial charge in [-0.3, -0.25) is 14.9 Å². The monoisotopic (exact) mass is 317 g/mol. The number of nitrogens with two attached hydrogens (primary N) is 1. The Morgan fingerprint density at radius 2 is 2.18 bits per heavy atom. The Bertz CT molecular complexity index is 711. The normalized spacial score (nSPS) is 13.8. The number of amides is 1.